The molecule has 1 rings (SSSR count). The topological polar surface area (TPSA) is 78.9 Å². The van der Waals surface area contributed by atoms with Crippen molar-refractivity contribution >= 4 is 22.8 Å². The molecule has 0 aliphatic carbocycles. The average Bonchev–Trinajstić information content (AvgIpc) is 2.16. The molecule has 0 aromatic heterocycles. The molecule has 15 heavy (non-hydrogen) atoms. The van der Waals surface area contributed by atoms with Gasteiger partial charge in [0.1, 0.15) is 0 Å². The highest BCUT2D eigenvalue weighted by molar-refractivity contribution is 7.80. The molecule has 0 unspecified atom stereocenters. The van der Waals surface area contributed by atoms with E-state index in [9.17, 15) is 13.7 Å². The highest BCUT2D eigenvalue weighted by atomic mass is 31.3. The van der Waals surface area contributed by atoms with Crippen LogP contribution in [0, 0.1) is 0 Å². The van der Waals surface area contributed by atoms with E-state index in [-0.39, 0.29) is 18.5 Å². The van der Waals surface area contributed by atoms with Gasteiger partial charge in [0.25, 0.3) is 0 Å². The van der Waals surface area contributed by atoms with Crippen molar-refractivity contribution in [2.24, 2.45) is 0 Å². The zero-order valence-corrected chi connectivity index (χ0v) is 11.6. The lowest BCUT2D eigenvalue weighted by Gasteiger charge is -2.32. The predicted octanol–water partition coefficient (Wildman–Crippen LogP) is 3.69. The Morgan fingerprint density at radius 3 is 1.00 bits per heavy atom. The van der Waals surface area contributed by atoms with Crippen molar-refractivity contribution < 1.29 is 26.6 Å². The standard InChI is InChI=1S/C6H15O6P3/c1-4-13(7)10-14(8,5-2)12-15(9,6-3)11-13/h4-6H2,1-3H3. The van der Waals surface area contributed by atoms with E-state index in [1.807, 2.05) is 0 Å². The van der Waals surface area contributed by atoms with Gasteiger partial charge in [0.15, 0.2) is 0 Å². The molecular weight excluding hydrogens is 261 g/mol. The average molecular weight is 276 g/mol. The third-order valence-corrected chi connectivity index (χ3v) is 10.2. The summed E-state index contributed by atoms with van der Waals surface area (Å²) in [5.41, 5.74) is 0. The van der Waals surface area contributed by atoms with Crippen molar-refractivity contribution in [1.29, 1.82) is 0 Å². The van der Waals surface area contributed by atoms with Crippen LogP contribution in [0.1, 0.15) is 20.8 Å². The minimum Gasteiger partial charge on any atom is -0.259 e. The number of hydrogen-bond acceptors (Lipinski definition) is 6. The molecule has 0 aromatic rings. The molecule has 9 heteroatoms. The minimum absolute atomic E-state index is 0.0321. The Balaban J connectivity index is 3.09. The van der Waals surface area contributed by atoms with Crippen molar-refractivity contribution in [1.82, 2.24) is 0 Å². The van der Waals surface area contributed by atoms with Gasteiger partial charge in [-0.1, -0.05) is 20.8 Å². The van der Waals surface area contributed by atoms with Gasteiger partial charge in [0, 0.05) is 18.5 Å². The number of hydrogen-bond donors (Lipinski definition) is 0. The molecule has 1 aliphatic heterocycles. The monoisotopic (exact) mass is 276 g/mol. The summed E-state index contributed by atoms with van der Waals surface area (Å²) >= 11 is 0. The quantitative estimate of drug-likeness (QED) is 0.731. The van der Waals surface area contributed by atoms with Crippen molar-refractivity contribution in [3.8, 4) is 0 Å². The zero-order valence-electron chi connectivity index (χ0n) is 8.91. The summed E-state index contributed by atoms with van der Waals surface area (Å²) in [6.07, 6.45) is 0.0963. The maximum Gasteiger partial charge on any atom is 0.344 e. The molecule has 1 heterocycles. The first-order valence-electron chi connectivity index (χ1n) is 4.71. The smallest absolute Gasteiger partial charge is 0.259 e. The molecule has 1 saturated heterocycles. The second kappa shape index (κ2) is 4.44. The summed E-state index contributed by atoms with van der Waals surface area (Å²) in [4.78, 5) is 0. The lowest BCUT2D eigenvalue weighted by Crippen LogP contribution is -2.08. The summed E-state index contributed by atoms with van der Waals surface area (Å²) in [5, 5.41) is 0. The van der Waals surface area contributed by atoms with E-state index >= 15 is 0 Å². The van der Waals surface area contributed by atoms with Gasteiger partial charge in [0.05, 0.1) is 0 Å². The summed E-state index contributed by atoms with van der Waals surface area (Å²) < 4.78 is 50.2. The fourth-order valence-corrected chi connectivity index (χ4v) is 9.44. The van der Waals surface area contributed by atoms with Crippen LogP contribution in [-0.4, -0.2) is 18.5 Å². The molecule has 0 bridgehead atoms. The molecule has 1 fully saturated rings. The second-order valence-corrected chi connectivity index (χ2v) is 10.5. The van der Waals surface area contributed by atoms with Gasteiger partial charge < -0.3 is 0 Å². The van der Waals surface area contributed by atoms with Crippen LogP contribution in [0.15, 0.2) is 0 Å². The van der Waals surface area contributed by atoms with Crippen molar-refractivity contribution in [2.45, 2.75) is 20.8 Å². The number of rotatable bonds is 3. The molecule has 0 amide bonds. The first kappa shape index (κ1) is 13.6. The highest BCUT2D eigenvalue weighted by Crippen LogP contribution is 2.81. The van der Waals surface area contributed by atoms with E-state index < -0.39 is 22.8 Å². The van der Waals surface area contributed by atoms with Crippen LogP contribution in [0.2, 0.25) is 0 Å². The van der Waals surface area contributed by atoms with Gasteiger partial charge in [-0.05, 0) is 0 Å². The van der Waals surface area contributed by atoms with Crippen LogP contribution < -0.4 is 0 Å². The first-order valence-corrected chi connectivity index (χ1v) is 9.90. The third kappa shape index (κ3) is 3.03. The Labute approximate surface area is 89.3 Å². The first-order chi connectivity index (χ1) is 6.80. The van der Waals surface area contributed by atoms with Crippen molar-refractivity contribution in [2.75, 3.05) is 18.5 Å². The van der Waals surface area contributed by atoms with Crippen LogP contribution in [0.25, 0.3) is 0 Å². The Morgan fingerprint density at radius 2 is 0.867 bits per heavy atom. The van der Waals surface area contributed by atoms with Gasteiger partial charge in [-0.3, -0.25) is 13.7 Å². The van der Waals surface area contributed by atoms with Crippen LogP contribution in [0.4, 0.5) is 0 Å². The maximum absolute atomic E-state index is 11.9. The van der Waals surface area contributed by atoms with Gasteiger partial charge in [0.2, 0.25) is 0 Å². The maximum atomic E-state index is 11.9. The largest absolute Gasteiger partial charge is 0.344 e. The Bertz CT molecular complexity index is 302. The molecule has 0 atom stereocenters. The zero-order chi connectivity index (χ0) is 11.7. The Morgan fingerprint density at radius 1 is 0.667 bits per heavy atom. The highest BCUT2D eigenvalue weighted by Gasteiger charge is 2.50. The molecular formula is C6H15O6P3. The van der Waals surface area contributed by atoms with E-state index in [0.29, 0.717) is 0 Å². The SMILES string of the molecule is CCP1(=O)OP(=O)(CC)OP(=O)(CC)O1. The van der Waals surface area contributed by atoms with E-state index in [4.69, 9.17) is 12.9 Å². The van der Waals surface area contributed by atoms with Crippen molar-refractivity contribution in [3.63, 3.8) is 0 Å². The molecule has 0 aromatic carbocycles. The molecule has 6 nitrogen and oxygen atoms in total. The van der Waals surface area contributed by atoms with Crippen LogP contribution in [0.3, 0.4) is 0 Å². The Kier molecular flexibility index (Phi) is 4.04. The predicted molar refractivity (Wildman–Crippen MR) is 57.7 cm³/mol. The summed E-state index contributed by atoms with van der Waals surface area (Å²) in [7, 11) is -10.6. The summed E-state index contributed by atoms with van der Waals surface area (Å²) in [5.74, 6) is 0. The van der Waals surface area contributed by atoms with Crippen LogP contribution >= 0.6 is 22.8 Å². The molecule has 90 valence electrons. The molecule has 1 aliphatic rings. The van der Waals surface area contributed by atoms with E-state index in [1.165, 1.54) is 0 Å². The minimum atomic E-state index is -3.52. The molecule has 0 saturated carbocycles. The van der Waals surface area contributed by atoms with Crippen molar-refractivity contribution in [3.05, 3.63) is 0 Å². The lowest BCUT2D eigenvalue weighted by molar-refractivity contribution is 0.279. The lowest BCUT2D eigenvalue weighted by atomic mass is 11.0. The van der Waals surface area contributed by atoms with Crippen LogP contribution in [0.5, 0.6) is 0 Å². The van der Waals surface area contributed by atoms with Gasteiger partial charge in [-0.15, -0.1) is 0 Å². The Hall–Kier alpha value is 0.570. The summed E-state index contributed by atoms with van der Waals surface area (Å²) in [6.45, 7) is 4.68. The van der Waals surface area contributed by atoms with E-state index in [0.717, 1.165) is 0 Å². The third-order valence-electron chi connectivity index (χ3n) is 1.91. The van der Waals surface area contributed by atoms with E-state index in [1.54, 1.807) is 20.8 Å². The second-order valence-electron chi connectivity index (χ2n) is 3.03. The molecule has 0 spiro atoms. The summed E-state index contributed by atoms with van der Waals surface area (Å²) in [6, 6.07) is 0. The van der Waals surface area contributed by atoms with E-state index in [2.05, 4.69) is 0 Å². The van der Waals surface area contributed by atoms with Crippen LogP contribution in [-0.2, 0) is 26.6 Å². The molecule has 0 radical (unpaired) electrons. The van der Waals surface area contributed by atoms with Gasteiger partial charge >= 0.3 is 22.8 Å². The van der Waals surface area contributed by atoms with Gasteiger partial charge in [-0.2, -0.15) is 0 Å². The fraction of sp³-hybridized carbons (Fsp3) is 1.00. The fourth-order valence-electron chi connectivity index (χ4n) is 0.960. The normalized spacial score (nSPS) is 46.6. The van der Waals surface area contributed by atoms with Gasteiger partial charge in [-0.25, -0.2) is 12.9 Å². The molecule has 0 N–H and O–H groups in total.